The van der Waals surface area contributed by atoms with Crippen LogP contribution in [0.5, 0.6) is 0 Å². The van der Waals surface area contributed by atoms with Crippen LogP contribution in [-0.4, -0.2) is 66.8 Å². The van der Waals surface area contributed by atoms with Crippen LogP contribution in [0.3, 0.4) is 0 Å². The zero-order valence-electron chi connectivity index (χ0n) is 10.6. The van der Waals surface area contributed by atoms with E-state index in [0.717, 1.165) is 6.42 Å². The Hall–Kier alpha value is -1.63. The van der Waals surface area contributed by atoms with Crippen LogP contribution >= 0.6 is 0 Å². The van der Waals surface area contributed by atoms with E-state index >= 15 is 0 Å². The largest absolute Gasteiger partial charge is 0.346 e. The van der Waals surface area contributed by atoms with Crippen molar-refractivity contribution in [3.8, 4) is 0 Å². The van der Waals surface area contributed by atoms with Crippen molar-refractivity contribution < 1.29 is 14.4 Å². The molecule has 3 N–H and O–H groups in total. The molecule has 1 aliphatic heterocycles. The first-order valence-electron chi connectivity index (χ1n) is 6.04. The van der Waals surface area contributed by atoms with Crippen molar-refractivity contribution >= 4 is 17.7 Å². The summed E-state index contributed by atoms with van der Waals surface area (Å²) in [5.41, 5.74) is 5.13. The van der Waals surface area contributed by atoms with Crippen LogP contribution in [0.1, 0.15) is 13.3 Å². The van der Waals surface area contributed by atoms with E-state index in [1.165, 1.54) is 6.92 Å². The molecule has 0 aliphatic carbocycles. The van der Waals surface area contributed by atoms with Crippen LogP contribution in [0.2, 0.25) is 0 Å². The van der Waals surface area contributed by atoms with Gasteiger partial charge in [0.2, 0.25) is 17.7 Å². The van der Waals surface area contributed by atoms with E-state index in [2.05, 4.69) is 5.32 Å². The summed E-state index contributed by atoms with van der Waals surface area (Å²) in [5.74, 6) is -0.452. The summed E-state index contributed by atoms with van der Waals surface area (Å²) in [6.45, 7) is 3.72. The first-order chi connectivity index (χ1) is 8.54. The minimum Gasteiger partial charge on any atom is -0.346 e. The molecule has 18 heavy (non-hydrogen) atoms. The molecule has 0 saturated carbocycles. The van der Waals surface area contributed by atoms with Crippen LogP contribution in [-0.2, 0) is 14.4 Å². The van der Waals surface area contributed by atoms with Gasteiger partial charge in [-0.05, 0) is 6.42 Å². The number of rotatable bonds is 3. The maximum Gasteiger partial charge on any atom is 0.242 e. The molecule has 0 unspecified atom stereocenters. The lowest BCUT2D eigenvalue weighted by atomic mass is 10.3. The van der Waals surface area contributed by atoms with Crippen molar-refractivity contribution in [2.24, 2.45) is 5.73 Å². The zero-order chi connectivity index (χ0) is 13.5. The molecule has 1 heterocycles. The highest BCUT2D eigenvalue weighted by molar-refractivity contribution is 5.85. The van der Waals surface area contributed by atoms with Crippen LogP contribution in [0.25, 0.3) is 0 Å². The van der Waals surface area contributed by atoms with Gasteiger partial charge >= 0.3 is 0 Å². The lowest BCUT2D eigenvalue weighted by Crippen LogP contribution is -2.43. The zero-order valence-corrected chi connectivity index (χ0v) is 10.6. The predicted molar refractivity (Wildman–Crippen MR) is 65.5 cm³/mol. The molecule has 0 radical (unpaired) electrons. The fraction of sp³-hybridized carbons (Fsp3) is 0.727. The molecule has 0 aromatic rings. The second-order valence-electron chi connectivity index (χ2n) is 4.22. The van der Waals surface area contributed by atoms with Crippen LogP contribution in [0, 0.1) is 0 Å². The number of carbonyl (C=O) groups is 3. The fourth-order valence-electron chi connectivity index (χ4n) is 1.84. The van der Waals surface area contributed by atoms with Gasteiger partial charge in [-0.3, -0.25) is 14.4 Å². The molecule has 7 heteroatoms. The van der Waals surface area contributed by atoms with E-state index in [9.17, 15) is 14.4 Å². The van der Waals surface area contributed by atoms with Gasteiger partial charge in [-0.2, -0.15) is 0 Å². The minimum atomic E-state index is -0.344. The Morgan fingerprint density at radius 2 is 1.72 bits per heavy atom. The van der Waals surface area contributed by atoms with Crippen molar-refractivity contribution in [3.05, 3.63) is 0 Å². The first kappa shape index (κ1) is 14.4. The summed E-state index contributed by atoms with van der Waals surface area (Å²) >= 11 is 0. The molecule has 1 aliphatic rings. The molecule has 7 nitrogen and oxygen atoms in total. The van der Waals surface area contributed by atoms with Crippen LogP contribution in [0.15, 0.2) is 0 Å². The Morgan fingerprint density at radius 3 is 2.33 bits per heavy atom. The quantitative estimate of drug-likeness (QED) is 0.619. The lowest BCUT2D eigenvalue weighted by Gasteiger charge is -2.21. The average Bonchev–Trinajstić information content (AvgIpc) is 2.61. The molecule has 3 amide bonds. The molecule has 1 rings (SSSR count). The fourth-order valence-corrected chi connectivity index (χ4v) is 1.84. The van der Waals surface area contributed by atoms with E-state index < -0.39 is 0 Å². The monoisotopic (exact) mass is 256 g/mol. The van der Waals surface area contributed by atoms with Gasteiger partial charge in [0.1, 0.15) is 0 Å². The smallest absolute Gasteiger partial charge is 0.242 e. The Balaban J connectivity index is 2.40. The van der Waals surface area contributed by atoms with Crippen molar-refractivity contribution in [2.45, 2.75) is 13.3 Å². The van der Waals surface area contributed by atoms with Gasteiger partial charge in [0.05, 0.1) is 13.1 Å². The molecule has 0 spiro atoms. The van der Waals surface area contributed by atoms with E-state index in [1.807, 2.05) is 0 Å². The predicted octanol–water partition coefficient (Wildman–Crippen LogP) is -1.86. The Kier molecular flexibility index (Phi) is 5.57. The van der Waals surface area contributed by atoms with E-state index in [4.69, 9.17) is 5.73 Å². The van der Waals surface area contributed by atoms with Gasteiger partial charge in [-0.1, -0.05) is 0 Å². The van der Waals surface area contributed by atoms with Gasteiger partial charge in [-0.15, -0.1) is 0 Å². The molecule has 0 aromatic heterocycles. The summed E-state index contributed by atoms with van der Waals surface area (Å²) < 4.78 is 0. The molecule has 102 valence electrons. The summed E-state index contributed by atoms with van der Waals surface area (Å²) in [7, 11) is 0. The number of nitrogens with two attached hydrogens (primary N) is 1. The van der Waals surface area contributed by atoms with Gasteiger partial charge < -0.3 is 20.9 Å². The molecule has 0 atom stereocenters. The second-order valence-corrected chi connectivity index (χ2v) is 4.22. The maximum absolute atomic E-state index is 11.8. The molecular weight excluding hydrogens is 236 g/mol. The van der Waals surface area contributed by atoms with E-state index in [1.54, 1.807) is 9.80 Å². The average molecular weight is 256 g/mol. The van der Waals surface area contributed by atoms with Gasteiger partial charge in [0.25, 0.3) is 0 Å². The number of nitrogens with zero attached hydrogens (tertiary/aromatic N) is 2. The summed E-state index contributed by atoms with van der Waals surface area (Å²) in [6.07, 6.45) is 0.760. The third-order valence-corrected chi connectivity index (χ3v) is 2.92. The SMILES string of the molecule is CC(=O)N1CCCN(C(=O)CNC(=O)CN)CC1. The third-order valence-electron chi connectivity index (χ3n) is 2.92. The van der Waals surface area contributed by atoms with Gasteiger partial charge in [-0.25, -0.2) is 0 Å². The lowest BCUT2D eigenvalue weighted by molar-refractivity contribution is -0.133. The number of nitrogens with one attached hydrogen (secondary N) is 1. The normalized spacial score (nSPS) is 16.1. The highest BCUT2D eigenvalue weighted by Gasteiger charge is 2.20. The summed E-state index contributed by atoms with van der Waals surface area (Å²) in [5, 5.41) is 2.45. The molecule has 1 saturated heterocycles. The topological polar surface area (TPSA) is 95.7 Å². The van der Waals surface area contributed by atoms with E-state index in [-0.39, 0.29) is 30.8 Å². The standard InChI is InChI=1S/C11H20N4O3/c1-9(16)14-3-2-4-15(6-5-14)11(18)8-13-10(17)7-12/h2-8,12H2,1H3,(H,13,17). The Morgan fingerprint density at radius 1 is 1.11 bits per heavy atom. The molecule has 0 bridgehead atoms. The minimum absolute atomic E-state index is 0.0285. The first-order valence-corrected chi connectivity index (χ1v) is 6.04. The van der Waals surface area contributed by atoms with Crippen molar-refractivity contribution in [2.75, 3.05) is 39.3 Å². The number of carbonyl (C=O) groups excluding carboxylic acids is 3. The van der Waals surface area contributed by atoms with Gasteiger partial charge in [0.15, 0.2) is 0 Å². The van der Waals surface area contributed by atoms with Crippen molar-refractivity contribution in [1.82, 2.24) is 15.1 Å². The van der Waals surface area contributed by atoms with Crippen LogP contribution in [0.4, 0.5) is 0 Å². The second kappa shape index (κ2) is 6.95. The van der Waals surface area contributed by atoms with E-state index in [0.29, 0.717) is 26.2 Å². The number of hydrogen-bond donors (Lipinski definition) is 2. The molecule has 0 aromatic carbocycles. The summed E-state index contributed by atoms with van der Waals surface area (Å²) in [6, 6.07) is 0. The van der Waals surface area contributed by atoms with Crippen molar-refractivity contribution in [3.63, 3.8) is 0 Å². The third kappa shape index (κ3) is 4.33. The summed E-state index contributed by atoms with van der Waals surface area (Å²) in [4.78, 5) is 37.4. The molecular formula is C11H20N4O3. The maximum atomic E-state index is 11.8. The molecule has 1 fully saturated rings. The number of hydrogen-bond acceptors (Lipinski definition) is 4. The van der Waals surface area contributed by atoms with Crippen LogP contribution < -0.4 is 11.1 Å². The Bertz CT molecular complexity index is 332. The highest BCUT2D eigenvalue weighted by atomic mass is 16.2. The van der Waals surface area contributed by atoms with Crippen molar-refractivity contribution in [1.29, 1.82) is 0 Å². The number of amides is 3. The Labute approximate surface area is 106 Å². The van der Waals surface area contributed by atoms with Gasteiger partial charge in [0, 0.05) is 33.1 Å². The highest BCUT2D eigenvalue weighted by Crippen LogP contribution is 2.03.